The Labute approximate surface area is 153 Å². The molecule has 1 aromatic heterocycles. The molecule has 0 spiro atoms. The van der Waals surface area contributed by atoms with Gasteiger partial charge in [0.25, 0.3) is 5.91 Å². The number of anilines is 1. The van der Waals surface area contributed by atoms with Crippen molar-refractivity contribution >= 4 is 17.6 Å². The molecule has 0 aliphatic carbocycles. The molecule has 1 heterocycles. The highest BCUT2D eigenvalue weighted by atomic mass is 16.5. The van der Waals surface area contributed by atoms with E-state index in [0.29, 0.717) is 29.2 Å². The van der Waals surface area contributed by atoms with Crippen molar-refractivity contribution in [1.29, 1.82) is 0 Å². The lowest BCUT2D eigenvalue weighted by molar-refractivity contribution is 0.0696. The second kappa shape index (κ2) is 8.62. The summed E-state index contributed by atoms with van der Waals surface area (Å²) < 4.78 is 6.92. The molecule has 0 aliphatic heterocycles. The maximum atomic E-state index is 12.7. The molecule has 26 heavy (non-hydrogen) atoms. The van der Waals surface area contributed by atoms with Gasteiger partial charge in [-0.1, -0.05) is 20.8 Å². The van der Waals surface area contributed by atoms with Gasteiger partial charge in [-0.3, -0.25) is 9.48 Å². The van der Waals surface area contributed by atoms with E-state index >= 15 is 0 Å². The molecule has 0 saturated heterocycles. The van der Waals surface area contributed by atoms with Gasteiger partial charge in [-0.15, -0.1) is 0 Å². The topological polar surface area (TPSA) is 93.4 Å². The molecule has 7 nitrogen and oxygen atoms in total. The first-order valence-electron chi connectivity index (χ1n) is 8.57. The quantitative estimate of drug-likeness (QED) is 0.755. The fraction of sp³-hybridized carbons (Fsp3) is 0.421. The Morgan fingerprint density at radius 1 is 1.31 bits per heavy atom. The molecule has 2 aromatic rings. The van der Waals surface area contributed by atoms with Gasteiger partial charge < -0.3 is 15.2 Å². The van der Waals surface area contributed by atoms with Crippen molar-refractivity contribution in [3.63, 3.8) is 0 Å². The summed E-state index contributed by atoms with van der Waals surface area (Å²) in [4.78, 5) is 24.0. The summed E-state index contributed by atoms with van der Waals surface area (Å²) in [6.07, 6.45) is 2.24. The van der Waals surface area contributed by atoms with Crippen molar-refractivity contribution in [3.8, 4) is 0 Å². The van der Waals surface area contributed by atoms with Crippen LogP contribution < -0.4 is 5.32 Å². The van der Waals surface area contributed by atoms with Crippen molar-refractivity contribution in [3.05, 3.63) is 46.8 Å². The van der Waals surface area contributed by atoms with E-state index in [2.05, 4.69) is 24.3 Å². The third-order valence-electron chi connectivity index (χ3n) is 3.87. The molecule has 7 heteroatoms. The number of aromatic carboxylic acids is 1. The predicted octanol–water partition coefficient (Wildman–Crippen LogP) is 3.20. The van der Waals surface area contributed by atoms with Crippen molar-refractivity contribution in [1.82, 2.24) is 9.78 Å². The molecule has 0 atom stereocenters. The fourth-order valence-electron chi connectivity index (χ4n) is 2.81. The van der Waals surface area contributed by atoms with Crippen LogP contribution in [0.2, 0.25) is 0 Å². The van der Waals surface area contributed by atoms with Gasteiger partial charge in [0.2, 0.25) is 0 Å². The number of carbonyl (C=O) groups excluding carboxylic acids is 1. The molecular weight excluding hydrogens is 334 g/mol. The standard InChI is InChI=1S/C19H25N3O4/c1-5-17-16(9-20-22(17)10-12(2)3)18(23)21-15-7-13(11-26-4)6-14(8-15)19(24)25/h6-9,12H,5,10-11H2,1-4H3,(H,21,23)(H,24,25). The highest BCUT2D eigenvalue weighted by molar-refractivity contribution is 6.05. The number of hydrogen-bond donors (Lipinski definition) is 2. The van der Waals surface area contributed by atoms with E-state index < -0.39 is 5.97 Å². The Bertz CT molecular complexity index is 796. The van der Waals surface area contributed by atoms with Crippen molar-refractivity contribution < 1.29 is 19.4 Å². The number of rotatable bonds is 8. The Balaban J connectivity index is 2.29. The van der Waals surface area contributed by atoms with E-state index in [1.807, 2.05) is 11.6 Å². The second-order valence-corrected chi connectivity index (χ2v) is 6.55. The second-order valence-electron chi connectivity index (χ2n) is 6.55. The third kappa shape index (κ3) is 4.70. The molecule has 1 amide bonds. The van der Waals surface area contributed by atoms with Gasteiger partial charge in [-0.25, -0.2) is 4.79 Å². The number of aromatic nitrogens is 2. The van der Waals surface area contributed by atoms with Crippen LogP contribution in [0, 0.1) is 5.92 Å². The number of methoxy groups -OCH3 is 1. The lowest BCUT2D eigenvalue weighted by Crippen LogP contribution is -2.16. The highest BCUT2D eigenvalue weighted by Crippen LogP contribution is 2.19. The van der Waals surface area contributed by atoms with Crippen molar-refractivity contribution in [2.24, 2.45) is 5.92 Å². The molecule has 0 bridgehead atoms. The zero-order valence-corrected chi connectivity index (χ0v) is 15.6. The average molecular weight is 359 g/mol. The average Bonchev–Trinajstić information content (AvgIpc) is 2.96. The predicted molar refractivity (Wildman–Crippen MR) is 98.5 cm³/mol. The number of nitrogens with zero attached hydrogens (tertiary/aromatic N) is 2. The van der Waals surface area contributed by atoms with Crippen LogP contribution in [0.4, 0.5) is 5.69 Å². The van der Waals surface area contributed by atoms with Crippen LogP contribution >= 0.6 is 0 Å². The minimum atomic E-state index is -1.06. The van der Waals surface area contributed by atoms with E-state index in [4.69, 9.17) is 4.74 Å². The number of nitrogens with one attached hydrogen (secondary N) is 1. The first-order chi connectivity index (χ1) is 12.3. The molecule has 0 saturated carbocycles. The van der Waals surface area contributed by atoms with Gasteiger partial charge in [0.15, 0.2) is 0 Å². The van der Waals surface area contributed by atoms with Gasteiger partial charge in [0, 0.05) is 19.3 Å². The maximum Gasteiger partial charge on any atom is 0.335 e. The zero-order chi connectivity index (χ0) is 19.3. The van der Waals surface area contributed by atoms with Crippen LogP contribution in [0.25, 0.3) is 0 Å². The number of carboxylic acid groups (broad SMARTS) is 1. The molecular formula is C19H25N3O4. The smallest absolute Gasteiger partial charge is 0.335 e. The van der Waals surface area contributed by atoms with E-state index in [9.17, 15) is 14.7 Å². The SMILES string of the molecule is CCc1c(C(=O)Nc2cc(COC)cc(C(=O)O)c2)cnn1CC(C)C. The van der Waals surface area contributed by atoms with Crippen LogP contribution in [0.1, 0.15) is 52.7 Å². The summed E-state index contributed by atoms with van der Waals surface area (Å²) in [6.45, 7) is 7.16. The van der Waals surface area contributed by atoms with Crippen molar-refractivity contribution in [2.45, 2.75) is 40.3 Å². The molecule has 2 N–H and O–H groups in total. The number of benzene rings is 1. The van der Waals surface area contributed by atoms with E-state index in [0.717, 1.165) is 12.2 Å². The van der Waals surface area contributed by atoms with Crippen LogP contribution in [-0.2, 0) is 24.3 Å². The van der Waals surface area contributed by atoms with Gasteiger partial charge in [0.05, 0.1) is 29.6 Å². The Kier molecular flexibility index (Phi) is 6.52. The number of hydrogen-bond acceptors (Lipinski definition) is 4. The number of amides is 1. The van der Waals surface area contributed by atoms with E-state index in [1.54, 1.807) is 12.3 Å². The molecule has 0 aliphatic rings. The van der Waals surface area contributed by atoms with Crippen LogP contribution in [0.3, 0.4) is 0 Å². The fourth-order valence-corrected chi connectivity index (χ4v) is 2.81. The first-order valence-corrected chi connectivity index (χ1v) is 8.57. The number of carbonyl (C=O) groups is 2. The molecule has 0 fully saturated rings. The molecule has 0 unspecified atom stereocenters. The number of ether oxygens (including phenoxy) is 1. The normalized spacial score (nSPS) is 11.0. The highest BCUT2D eigenvalue weighted by Gasteiger charge is 2.18. The summed E-state index contributed by atoms with van der Waals surface area (Å²) in [7, 11) is 1.53. The summed E-state index contributed by atoms with van der Waals surface area (Å²) in [5, 5.41) is 16.4. The Hall–Kier alpha value is -2.67. The molecule has 1 aromatic carbocycles. The monoisotopic (exact) mass is 359 g/mol. The molecule has 0 radical (unpaired) electrons. The van der Waals surface area contributed by atoms with Gasteiger partial charge in [-0.05, 0) is 36.1 Å². The van der Waals surface area contributed by atoms with Gasteiger partial charge in [0.1, 0.15) is 0 Å². The zero-order valence-electron chi connectivity index (χ0n) is 15.6. The van der Waals surface area contributed by atoms with Gasteiger partial charge >= 0.3 is 5.97 Å². The van der Waals surface area contributed by atoms with Crippen molar-refractivity contribution in [2.75, 3.05) is 12.4 Å². The summed E-state index contributed by atoms with van der Waals surface area (Å²) in [5.74, 6) is -0.944. The number of carboxylic acids is 1. The summed E-state index contributed by atoms with van der Waals surface area (Å²) >= 11 is 0. The lowest BCUT2D eigenvalue weighted by Gasteiger charge is -2.11. The van der Waals surface area contributed by atoms with E-state index in [-0.39, 0.29) is 18.1 Å². The largest absolute Gasteiger partial charge is 0.478 e. The van der Waals surface area contributed by atoms with E-state index in [1.165, 1.54) is 19.2 Å². The van der Waals surface area contributed by atoms with Gasteiger partial charge in [-0.2, -0.15) is 5.10 Å². The summed E-state index contributed by atoms with van der Waals surface area (Å²) in [6, 6.07) is 4.67. The van der Waals surface area contributed by atoms with Crippen LogP contribution in [-0.4, -0.2) is 33.9 Å². The Morgan fingerprint density at radius 2 is 2.04 bits per heavy atom. The molecule has 2 rings (SSSR count). The minimum Gasteiger partial charge on any atom is -0.478 e. The van der Waals surface area contributed by atoms with Crippen LogP contribution in [0.5, 0.6) is 0 Å². The Morgan fingerprint density at radius 3 is 2.62 bits per heavy atom. The first kappa shape index (κ1) is 19.7. The molecule has 140 valence electrons. The maximum absolute atomic E-state index is 12.7. The minimum absolute atomic E-state index is 0.0982. The summed E-state index contributed by atoms with van der Waals surface area (Å²) in [5.41, 5.74) is 2.56. The lowest BCUT2D eigenvalue weighted by atomic mass is 10.1. The van der Waals surface area contributed by atoms with Crippen LogP contribution in [0.15, 0.2) is 24.4 Å². The third-order valence-corrected chi connectivity index (χ3v) is 3.87.